The summed E-state index contributed by atoms with van der Waals surface area (Å²) in [5.74, 6) is 0. The first-order valence-electron chi connectivity index (χ1n) is 3.01. The molecule has 0 radical (unpaired) electrons. The van der Waals surface area contributed by atoms with Crippen molar-refractivity contribution in [3.05, 3.63) is 0 Å². The van der Waals surface area contributed by atoms with Gasteiger partial charge in [-0.2, -0.15) is 4.39 Å². The van der Waals surface area contributed by atoms with Gasteiger partial charge in [-0.25, -0.2) is 0 Å². The molecule has 0 fully saturated rings. The van der Waals surface area contributed by atoms with Crippen LogP contribution in [0.2, 0.25) is 0 Å². The minimum absolute atomic E-state index is 0.861. The van der Waals surface area contributed by atoms with E-state index in [2.05, 4.69) is 19.2 Å². The van der Waals surface area contributed by atoms with E-state index in [0.717, 1.165) is 20.0 Å². The van der Waals surface area contributed by atoms with Crippen LogP contribution in [0.3, 0.4) is 0 Å². The van der Waals surface area contributed by atoms with Crippen LogP contribution < -0.4 is 5.32 Å². The zero-order valence-electron chi connectivity index (χ0n) is 6.20. The Balaban J connectivity index is 0. The number of rotatable bonds is 2. The smallest absolute Gasteiger partial charge is 0.298 e. The predicted molar refractivity (Wildman–Crippen MR) is 36.0 cm³/mol. The van der Waals surface area contributed by atoms with Gasteiger partial charge in [-0.1, -0.05) is 13.8 Å². The van der Waals surface area contributed by atoms with Gasteiger partial charge in [0.1, 0.15) is 0 Å². The van der Waals surface area contributed by atoms with E-state index in [0.29, 0.717) is 0 Å². The van der Waals surface area contributed by atoms with Gasteiger partial charge in [0.15, 0.2) is 0 Å². The molecule has 0 heterocycles. The first-order valence-corrected chi connectivity index (χ1v) is 3.01. The molecule has 0 spiro atoms. The van der Waals surface area contributed by atoms with Crippen LogP contribution in [0.1, 0.15) is 20.8 Å². The molecular formula is C6H14FNO. The van der Waals surface area contributed by atoms with Crippen molar-refractivity contribution in [1.82, 2.24) is 5.32 Å². The van der Waals surface area contributed by atoms with Crippen molar-refractivity contribution in [2.24, 2.45) is 0 Å². The van der Waals surface area contributed by atoms with Gasteiger partial charge in [-0.15, -0.1) is 0 Å². The number of nitrogens with one attached hydrogen (secondary N) is 1. The van der Waals surface area contributed by atoms with Crippen LogP contribution in [0.25, 0.3) is 0 Å². The van der Waals surface area contributed by atoms with Crippen molar-refractivity contribution in [3.8, 4) is 0 Å². The third kappa shape index (κ3) is 96.0. The van der Waals surface area contributed by atoms with E-state index in [1.54, 1.807) is 0 Å². The van der Waals surface area contributed by atoms with Gasteiger partial charge < -0.3 is 5.32 Å². The molecule has 0 rings (SSSR count). The zero-order valence-corrected chi connectivity index (χ0v) is 6.20. The maximum absolute atomic E-state index is 10.4. The highest BCUT2D eigenvalue weighted by molar-refractivity contribution is 5.64. The van der Waals surface area contributed by atoms with Gasteiger partial charge in [0.25, 0.3) is 6.04 Å². The van der Waals surface area contributed by atoms with Crippen molar-refractivity contribution in [2.75, 3.05) is 13.1 Å². The van der Waals surface area contributed by atoms with E-state index in [-0.39, 0.29) is 0 Å². The lowest BCUT2D eigenvalue weighted by Crippen LogP contribution is -2.09. The Morgan fingerprint density at radius 1 is 1.44 bits per heavy atom. The second kappa shape index (κ2) is 10.5. The maximum Gasteiger partial charge on any atom is 0.298 e. The summed E-state index contributed by atoms with van der Waals surface area (Å²) in [6, 6.07) is -1.33. The largest absolute Gasteiger partial charge is 0.317 e. The zero-order chi connectivity index (χ0) is 7.70. The van der Waals surface area contributed by atoms with Crippen LogP contribution in [0.4, 0.5) is 4.39 Å². The summed E-state index contributed by atoms with van der Waals surface area (Å²) in [6.07, 6.45) is 0. The molecule has 3 heteroatoms. The van der Waals surface area contributed by atoms with Crippen molar-refractivity contribution in [2.45, 2.75) is 20.8 Å². The van der Waals surface area contributed by atoms with Gasteiger partial charge in [0.2, 0.25) is 0 Å². The van der Waals surface area contributed by atoms with E-state index in [1.807, 2.05) is 0 Å². The van der Waals surface area contributed by atoms with Crippen molar-refractivity contribution >= 4 is 6.04 Å². The molecule has 0 bridgehead atoms. The van der Waals surface area contributed by atoms with Crippen molar-refractivity contribution < 1.29 is 9.18 Å². The predicted octanol–water partition coefficient (Wildman–Crippen LogP) is 1.12. The molecule has 0 aliphatic rings. The molecule has 9 heavy (non-hydrogen) atoms. The summed E-state index contributed by atoms with van der Waals surface area (Å²) >= 11 is 0. The highest BCUT2D eigenvalue weighted by Crippen LogP contribution is 1.58. The molecule has 0 saturated carbocycles. The number of hydrogen-bond donors (Lipinski definition) is 1. The molecule has 0 unspecified atom stereocenters. The third-order valence-electron chi connectivity index (χ3n) is 0.500. The molecule has 1 N–H and O–H groups in total. The molecule has 0 aromatic carbocycles. The van der Waals surface area contributed by atoms with E-state index < -0.39 is 6.04 Å². The molecule has 0 aliphatic heterocycles. The van der Waals surface area contributed by atoms with Crippen LogP contribution in [0.5, 0.6) is 0 Å². The second-order valence-corrected chi connectivity index (χ2v) is 1.43. The second-order valence-electron chi connectivity index (χ2n) is 1.43. The molecule has 0 aliphatic carbocycles. The van der Waals surface area contributed by atoms with E-state index in [9.17, 15) is 4.39 Å². The Bertz CT molecular complexity index is 60.1. The maximum atomic E-state index is 10.4. The average molecular weight is 135 g/mol. The van der Waals surface area contributed by atoms with Gasteiger partial charge in [-0.3, -0.25) is 4.79 Å². The normalized spacial score (nSPS) is 7.56. The number of carbonyl (C=O) groups is 1. The summed E-state index contributed by atoms with van der Waals surface area (Å²) in [5, 5.41) is 3.11. The lowest BCUT2D eigenvalue weighted by atomic mass is 10.7. The number of hydrogen-bond acceptors (Lipinski definition) is 2. The molecule has 0 amide bonds. The topological polar surface area (TPSA) is 29.1 Å². The standard InChI is InChI=1S/C4H11N.C2H3FO/c1-3-5-4-2;1-2(3)4/h5H,3-4H2,1-2H3;1H3. The lowest BCUT2D eigenvalue weighted by molar-refractivity contribution is -0.126. The Kier molecular flexibility index (Phi) is 13.3. The average Bonchev–Trinajstić information content (AvgIpc) is 1.66. The number of carbonyl (C=O) groups excluding carboxylic acids is 1. The third-order valence-corrected chi connectivity index (χ3v) is 0.500. The summed E-state index contributed by atoms with van der Waals surface area (Å²) in [6.45, 7) is 7.25. The summed E-state index contributed by atoms with van der Waals surface area (Å²) < 4.78 is 10.4. The molecule has 0 aromatic rings. The highest BCUT2D eigenvalue weighted by Gasteiger charge is 1.69. The van der Waals surface area contributed by atoms with Crippen LogP contribution in [-0.4, -0.2) is 19.1 Å². The minimum Gasteiger partial charge on any atom is -0.317 e. The van der Waals surface area contributed by atoms with Crippen LogP contribution in [0, 0.1) is 0 Å². The van der Waals surface area contributed by atoms with Crippen LogP contribution in [0.15, 0.2) is 0 Å². The summed E-state index contributed by atoms with van der Waals surface area (Å²) in [5.41, 5.74) is 0. The fraction of sp³-hybridized carbons (Fsp3) is 0.833. The first-order chi connectivity index (χ1) is 4.15. The highest BCUT2D eigenvalue weighted by atomic mass is 19.1. The Morgan fingerprint density at radius 3 is 1.67 bits per heavy atom. The van der Waals surface area contributed by atoms with Gasteiger partial charge in [0, 0.05) is 6.92 Å². The first kappa shape index (κ1) is 11.4. The van der Waals surface area contributed by atoms with Gasteiger partial charge in [-0.05, 0) is 13.1 Å². The summed E-state index contributed by atoms with van der Waals surface area (Å²) in [7, 11) is 0. The van der Waals surface area contributed by atoms with Crippen LogP contribution >= 0.6 is 0 Å². The Morgan fingerprint density at radius 2 is 1.67 bits per heavy atom. The van der Waals surface area contributed by atoms with Crippen molar-refractivity contribution in [1.29, 1.82) is 0 Å². The molecule has 0 saturated heterocycles. The quantitative estimate of drug-likeness (QED) is 0.575. The monoisotopic (exact) mass is 135 g/mol. The fourth-order valence-electron chi connectivity index (χ4n) is 0.250. The summed E-state index contributed by atoms with van der Waals surface area (Å²) in [4.78, 5) is 8.78. The van der Waals surface area contributed by atoms with Crippen molar-refractivity contribution in [3.63, 3.8) is 0 Å². The Hall–Kier alpha value is -0.440. The van der Waals surface area contributed by atoms with Gasteiger partial charge >= 0.3 is 0 Å². The van der Waals surface area contributed by atoms with Gasteiger partial charge in [0.05, 0.1) is 0 Å². The Labute approximate surface area is 55.4 Å². The van der Waals surface area contributed by atoms with E-state index in [1.165, 1.54) is 0 Å². The molecule has 2 nitrogen and oxygen atoms in total. The molecule has 56 valence electrons. The fourth-order valence-corrected chi connectivity index (χ4v) is 0.250. The number of halogens is 1. The molecule has 0 atom stereocenters. The minimum atomic E-state index is -1.33. The van der Waals surface area contributed by atoms with E-state index in [4.69, 9.17) is 4.79 Å². The SMILES string of the molecule is CC(=O)F.CCNCC. The molecule has 0 aromatic heterocycles. The van der Waals surface area contributed by atoms with Crippen LogP contribution in [-0.2, 0) is 4.79 Å². The lowest BCUT2D eigenvalue weighted by Gasteiger charge is -1.86. The molecular weight excluding hydrogens is 121 g/mol. The van der Waals surface area contributed by atoms with E-state index >= 15 is 0 Å².